The molecule has 114 valence electrons. The van der Waals surface area contributed by atoms with Crippen LogP contribution in [0.25, 0.3) is 0 Å². The third-order valence-corrected chi connectivity index (χ3v) is 5.25. The topological polar surface area (TPSA) is 74.6 Å². The van der Waals surface area contributed by atoms with Crippen molar-refractivity contribution in [3.8, 4) is 18.2 Å². The van der Waals surface area contributed by atoms with Gasteiger partial charge in [0.15, 0.2) is 0 Å². The summed E-state index contributed by atoms with van der Waals surface area (Å²) in [5.41, 5.74) is 2.22. The fourth-order valence-electron chi connectivity index (χ4n) is 3.24. The molecule has 0 N–H and O–H groups in total. The van der Waals surface area contributed by atoms with Gasteiger partial charge in [0, 0.05) is 29.2 Å². The van der Waals surface area contributed by atoms with E-state index < -0.39 is 0 Å². The zero-order valence-corrected chi connectivity index (χ0v) is 14.6. The molecule has 1 aliphatic heterocycles. The van der Waals surface area contributed by atoms with E-state index in [4.69, 9.17) is 0 Å². The Bertz CT molecular complexity index is 628. The van der Waals surface area contributed by atoms with Gasteiger partial charge in [0.1, 0.15) is 23.8 Å². The van der Waals surface area contributed by atoms with E-state index in [2.05, 4.69) is 40.7 Å². The van der Waals surface area contributed by atoms with Gasteiger partial charge >= 0.3 is 0 Å². The first kappa shape index (κ1) is 16.6. The summed E-state index contributed by atoms with van der Waals surface area (Å²) in [7, 11) is 0. The van der Waals surface area contributed by atoms with Crippen LogP contribution in [0.2, 0.25) is 0 Å². The maximum Gasteiger partial charge on any atom is 0.134 e. The molecule has 2 rings (SSSR count). The average Bonchev–Trinajstić information content (AvgIpc) is 2.48. The van der Waals surface area contributed by atoms with E-state index >= 15 is 0 Å². The van der Waals surface area contributed by atoms with Gasteiger partial charge in [-0.05, 0) is 31.1 Å². The maximum absolute atomic E-state index is 9.63. The molecule has 0 saturated carbocycles. The number of allylic oxidation sites excluding steroid dienone is 4. The van der Waals surface area contributed by atoms with E-state index in [1.165, 1.54) is 0 Å². The SMILES string of the molecule is CC1(C)CC(=C(C#N)C#N)C(C#N)=C(N2CCC(Br)CC2)C1. The molecule has 0 radical (unpaired) electrons. The Kier molecular flexibility index (Phi) is 4.94. The zero-order valence-electron chi connectivity index (χ0n) is 13.0. The second kappa shape index (κ2) is 6.55. The first-order chi connectivity index (χ1) is 10.4. The van der Waals surface area contributed by atoms with Gasteiger partial charge in [0.2, 0.25) is 0 Å². The highest BCUT2D eigenvalue weighted by Gasteiger charge is 2.35. The summed E-state index contributed by atoms with van der Waals surface area (Å²) in [5.74, 6) is 0. The van der Waals surface area contributed by atoms with Gasteiger partial charge in [-0.15, -0.1) is 0 Å². The van der Waals surface area contributed by atoms with Crippen molar-refractivity contribution in [2.24, 2.45) is 5.41 Å². The van der Waals surface area contributed by atoms with Gasteiger partial charge in [-0.1, -0.05) is 29.8 Å². The molecule has 1 saturated heterocycles. The van der Waals surface area contributed by atoms with Crippen LogP contribution in [0.5, 0.6) is 0 Å². The van der Waals surface area contributed by atoms with Crippen molar-refractivity contribution in [1.29, 1.82) is 15.8 Å². The number of hydrogen-bond donors (Lipinski definition) is 0. The smallest absolute Gasteiger partial charge is 0.134 e. The zero-order chi connectivity index (χ0) is 16.3. The normalized spacial score (nSPS) is 21.8. The lowest BCUT2D eigenvalue weighted by Crippen LogP contribution is -2.37. The summed E-state index contributed by atoms with van der Waals surface area (Å²) in [6.07, 6.45) is 3.51. The van der Waals surface area contributed by atoms with Crippen molar-refractivity contribution in [2.45, 2.75) is 44.4 Å². The highest BCUT2D eigenvalue weighted by Crippen LogP contribution is 2.44. The second-order valence-electron chi connectivity index (χ2n) is 6.69. The van der Waals surface area contributed by atoms with E-state index in [1.807, 2.05) is 12.1 Å². The van der Waals surface area contributed by atoms with E-state index in [1.54, 1.807) is 0 Å². The number of alkyl halides is 1. The van der Waals surface area contributed by atoms with Gasteiger partial charge in [0.25, 0.3) is 0 Å². The molecule has 1 fully saturated rings. The third kappa shape index (κ3) is 3.34. The van der Waals surface area contributed by atoms with Gasteiger partial charge in [-0.2, -0.15) is 15.8 Å². The predicted molar refractivity (Wildman–Crippen MR) is 87.4 cm³/mol. The fourth-order valence-corrected chi connectivity index (χ4v) is 3.65. The fraction of sp³-hybridized carbons (Fsp3) is 0.588. The number of nitrogens with zero attached hydrogens (tertiary/aromatic N) is 4. The van der Waals surface area contributed by atoms with Crippen LogP contribution in [0.1, 0.15) is 39.5 Å². The Hall–Kier alpha value is -1.77. The van der Waals surface area contributed by atoms with Crippen LogP contribution < -0.4 is 0 Å². The lowest BCUT2D eigenvalue weighted by atomic mass is 9.72. The molecule has 4 nitrogen and oxygen atoms in total. The highest BCUT2D eigenvalue weighted by molar-refractivity contribution is 9.09. The van der Waals surface area contributed by atoms with E-state index in [9.17, 15) is 15.8 Å². The molecular formula is C17H19BrN4. The van der Waals surface area contributed by atoms with Crippen molar-refractivity contribution in [3.05, 3.63) is 22.4 Å². The van der Waals surface area contributed by atoms with E-state index in [-0.39, 0.29) is 11.0 Å². The molecule has 0 aromatic heterocycles. The lowest BCUT2D eigenvalue weighted by molar-refractivity contribution is 0.235. The highest BCUT2D eigenvalue weighted by atomic mass is 79.9. The van der Waals surface area contributed by atoms with Crippen molar-refractivity contribution in [1.82, 2.24) is 4.90 Å². The molecule has 0 atom stereocenters. The van der Waals surface area contributed by atoms with Crippen LogP contribution in [0.4, 0.5) is 0 Å². The van der Waals surface area contributed by atoms with Crippen LogP contribution in [0.3, 0.4) is 0 Å². The minimum atomic E-state index is -0.0464. The van der Waals surface area contributed by atoms with Gasteiger partial charge in [0.05, 0.1) is 5.57 Å². The monoisotopic (exact) mass is 358 g/mol. The molecule has 1 heterocycles. The molecule has 22 heavy (non-hydrogen) atoms. The summed E-state index contributed by atoms with van der Waals surface area (Å²) < 4.78 is 0. The second-order valence-corrected chi connectivity index (χ2v) is 7.99. The summed E-state index contributed by atoms with van der Waals surface area (Å²) >= 11 is 3.65. The summed E-state index contributed by atoms with van der Waals surface area (Å²) in [5, 5.41) is 28.0. The Labute approximate surface area is 140 Å². The van der Waals surface area contributed by atoms with Crippen molar-refractivity contribution < 1.29 is 0 Å². The third-order valence-electron chi connectivity index (χ3n) is 4.34. The average molecular weight is 359 g/mol. The largest absolute Gasteiger partial charge is 0.374 e. The number of piperidine rings is 1. The van der Waals surface area contributed by atoms with Gasteiger partial charge in [-0.25, -0.2) is 0 Å². The Morgan fingerprint density at radius 2 is 1.73 bits per heavy atom. The van der Waals surface area contributed by atoms with Gasteiger partial charge < -0.3 is 4.90 Å². The minimum absolute atomic E-state index is 0.0464. The molecule has 0 aromatic rings. The van der Waals surface area contributed by atoms with Gasteiger partial charge in [-0.3, -0.25) is 0 Å². The summed E-state index contributed by atoms with van der Waals surface area (Å²) in [4.78, 5) is 2.80. The first-order valence-corrected chi connectivity index (χ1v) is 8.39. The Balaban J connectivity index is 2.52. The van der Waals surface area contributed by atoms with Crippen LogP contribution in [0.15, 0.2) is 22.4 Å². The van der Waals surface area contributed by atoms with Crippen LogP contribution in [-0.2, 0) is 0 Å². The van der Waals surface area contributed by atoms with Crippen LogP contribution >= 0.6 is 15.9 Å². The van der Waals surface area contributed by atoms with E-state index in [0.29, 0.717) is 22.4 Å². The lowest BCUT2D eigenvalue weighted by Gasteiger charge is -2.41. The molecule has 0 unspecified atom stereocenters. The minimum Gasteiger partial charge on any atom is -0.374 e. The van der Waals surface area contributed by atoms with Crippen molar-refractivity contribution in [2.75, 3.05) is 13.1 Å². The molecule has 5 heteroatoms. The van der Waals surface area contributed by atoms with Crippen molar-refractivity contribution >= 4 is 15.9 Å². The number of hydrogen-bond acceptors (Lipinski definition) is 4. The molecular weight excluding hydrogens is 340 g/mol. The Morgan fingerprint density at radius 1 is 1.14 bits per heavy atom. The van der Waals surface area contributed by atoms with Crippen molar-refractivity contribution in [3.63, 3.8) is 0 Å². The number of nitriles is 3. The van der Waals surface area contributed by atoms with Crippen LogP contribution in [-0.4, -0.2) is 22.8 Å². The molecule has 0 aromatic carbocycles. The maximum atomic E-state index is 9.63. The summed E-state index contributed by atoms with van der Waals surface area (Å²) in [6, 6.07) is 6.19. The molecule has 0 amide bonds. The molecule has 0 spiro atoms. The van der Waals surface area contributed by atoms with E-state index in [0.717, 1.165) is 38.0 Å². The molecule has 2 aliphatic rings. The number of rotatable bonds is 1. The summed E-state index contributed by atoms with van der Waals surface area (Å²) in [6.45, 7) is 6.08. The quantitative estimate of drug-likeness (QED) is 0.527. The number of halogens is 1. The standard InChI is InChI=1S/C17H19BrN4/c1-17(2)7-14(12(9-19)10-20)15(11-21)16(8-17)22-5-3-13(18)4-6-22/h13H,3-8H2,1-2H3. The Morgan fingerprint density at radius 3 is 2.23 bits per heavy atom. The molecule has 0 bridgehead atoms. The number of likely N-dealkylation sites (tertiary alicyclic amines) is 1. The molecule has 1 aliphatic carbocycles. The predicted octanol–water partition coefficient (Wildman–Crippen LogP) is 3.79. The first-order valence-electron chi connectivity index (χ1n) is 7.48. The van der Waals surface area contributed by atoms with Crippen LogP contribution in [0, 0.1) is 39.4 Å².